The number of unbranched alkanes of at least 4 members (excludes halogenated alkanes) is 1. The molecule has 0 aromatic heterocycles. The molecule has 0 radical (unpaired) electrons. The zero-order valence-corrected chi connectivity index (χ0v) is 9.34. The third kappa shape index (κ3) is 6.53. The van der Waals surface area contributed by atoms with Crippen molar-refractivity contribution in [1.82, 2.24) is 0 Å². The third-order valence-corrected chi connectivity index (χ3v) is 3.70. The highest BCUT2D eigenvalue weighted by atomic mass is 28.2. The van der Waals surface area contributed by atoms with Crippen LogP contribution in [0.5, 0.6) is 0 Å². The molecule has 11 heavy (non-hydrogen) atoms. The van der Waals surface area contributed by atoms with Crippen LogP contribution in [-0.4, -0.2) is 30.0 Å². The zero-order chi connectivity index (χ0) is 8.53. The summed E-state index contributed by atoms with van der Waals surface area (Å²) < 4.78 is 10.2. The summed E-state index contributed by atoms with van der Waals surface area (Å²) in [5, 5.41) is 0. The number of hydrogen-bond donors (Lipinski definition) is 0. The standard InChI is InChI=1S/C8H20O2Si/c1-4-5-6-11-7-8(9-2)10-3/h8H,4-7,11H2,1-3H3. The molecule has 0 aliphatic rings. The van der Waals surface area contributed by atoms with Gasteiger partial charge in [0.2, 0.25) is 0 Å². The van der Waals surface area contributed by atoms with Crippen molar-refractivity contribution in [3.8, 4) is 0 Å². The summed E-state index contributed by atoms with van der Waals surface area (Å²) in [6.45, 7) is 2.23. The van der Waals surface area contributed by atoms with Crippen molar-refractivity contribution in [2.75, 3.05) is 14.2 Å². The topological polar surface area (TPSA) is 18.5 Å². The van der Waals surface area contributed by atoms with Crippen molar-refractivity contribution in [2.45, 2.75) is 38.1 Å². The predicted molar refractivity (Wildman–Crippen MR) is 50.9 cm³/mol. The summed E-state index contributed by atoms with van der Waals surface area (Å²) in [6, 6.07) is 2.59. The van der Waals surface area contributed by atoms with Gasteiger partial charge in [-0.15, -0.1) is 0 Å². The largest absolute Gasteiger partial charge is 0.356 e. The van der Waals surface area contributed by atoms with Gasteiger partial charge in [0.15, 0.2) is 6.29 Å². The second kappa shape index (κ2) is 8.24. The maximum absolute atomic E-state index is 5.09. The number of ether oxygens (including phenoxy) is 2. The molecular formula is C8H20O2Si. The van der Waals surface area contributed by atoms with E-state index in [4.69, 9.17) is 9.47 Å². The van der Waals surface area contributed by atoms with Crippen molar-refractivity contribution in [1.29, 1.82) is 0 Å². The molecule has 0 amide bonds. The molecular weight excluding hydrogens is 156 g/mol. The van der Waals surface area contributed by atoms with Crippen LogP contribution in [0.3, 0.4) is 0 Å². The first-order valence-corrected chi connectivity index (χ1v) is 6.40. The lowest BCUT2D eigenvalue weighted by Gasteiger charge is -2.11. The Bertz CT molecular complexity index is 74.5. The van der Waals surface area contributed by atoms with Crippen molar-refractivity contribution in [3.63, 3.8) is 0 Å². The van der Waals surface area contributed by atoms with E-state index < -0.39 is 0 Å². The van der Waals surface area contributed by atoms with Crippen molar-refractivity contribution >= 4 is 9.52 Å². The van der Waals surface area contributed by atoms with Gasteiger partial charge in [0.1, 0.15) is 0 Å². The molecule has 0 saturated heterocycles. The van der Waals surface area contributed by atoms with E-state index in [-0.39, 0.29) is 15.8 Å². The molecule has 0 rings (SSSR count). The van der Waals surface area contributed by atoms with E-state index in [1.54, 1.807) is 14.2 Å². The highest BCUT2D eigenvalue weighted by Gasteiger charge is 2.03. The Morgan fingerprint density at radius 2 is 1.91 bits per heavy atom. The minimum atomic E-state index is 0.0681. The van der Waals surface area contributed by atoms with E-state index in [0.717, 1.165) is 6.04 Å². The van der Waals surface area contributed by atoms with Crippen LogP contribution in [0.1, 0.15) is 19.8 Å². The first-order valence-electron chi connectivity index (χ1n) is 4.40. The Morgan fingerprint density at radius 1 is 1.27 bits per heavy atom. The van der Waals surface area contributed by atoms with Gasteiger partial charge in [-0.1, -0.05) is 25.8 Å². The quantitative estimate of drug-likeness (QED) is 0.332. The lowest BCUT2D eigenvalue weighted by Crippen LogP contribution is -2.14. The average Bonchev–Trinajstić information content (AvgIpc) is 2.05. The van der Waals surface area contributed by atoms with E-state index in [1.807, 2.05) is 0 Å². The molecule has 0 aromatic carbocycles. The fraction of sp³-hybridized carbons (Fsp3) is 1.00. The Hall–Kier alpha value is 0.137. The van der Waals surface area contributed by atoms with Gasteiger partial charge in [-0.3, -0.25) is 0 Å². The van der Waals surface area contributed by atoms with Gasteiger partial charge in [0, 0.05) is 23.7 Å². The van der Waals surface area contributed by atoms with E-state index >= 15 is 0 Å². The molecule has 0 fully saturated rings. The summed E-state index contributed by atoms with van der Waals surface area (Å²) >= 11 is 0. The predicted octanol–water partition coefficient (Wildman–Crippen LogP) is 1.41. The first-order chi connectivity index (χ1) is 5.35. The Kier molecular flexibility index (Phi) is 8.34. The highest BCUT2D eigenvalue weighted by molar-refractivity contribution is 6.35. The maximum atomic E-state index is 5.09. The lowest BCUT2D eigenvalue weighted by atomic mass is 10.4. The Balaban J connectivity index is 3.07. The van der Waals surface area contributed by atoms with Gasteiger partial charge in [0.25, 0.3) is 0 Å². The highest BCUT2D eigenvalue weighted by Crippen LogP contribution is 2.02. The molecule has 0 aromatic rings. The molecule has 0 saturated carbocycles. The van der Waals surface area contributed by atoms with Crippen molar-refractivity contribution in [3.05, 3.63) is 0 Å². The molecule has 68 valence electrons. The molecule has 2 nitrogen and oxygen atoms in total. The number of hydrogen-bond acceptors (Lipinski definition) is 2. The SMILES string of the molecule is CCCC[SiH2]CC(OC)OC. The molecule has 0 N–H and O–H groups in total. The maximum Gasteiger partial charge on any atom is 0.153 e. The zero-order valence-electron chi connectivity index (χ0n) is 7.93. The summed E-state index contributed by atoms with van der Waals surface area (Å²) in [5.74, 6) is 0. The molecule has 0 bridgehead atoms. The van der Waals surface area contributed by atoms with Crippen LogP contribution in [0, 0.1) is 0 Å². The first kappa shape index (κ1) is 11.1. The molecule has 0 unspecified atom stereocenters. The number of rotatable bonds is 7. The van der Waals surface area contributed by atoms with Gasteiger partial charge < -0.3 is 9.47 Å². The van der Waals surface area contributed by atoms with E-state index in [2.05, 4.69) is 6.92 Å². The average molecular weight is 176 g/mol. The fourth-order valence-corrected chi connectivity index (χ4v) is 3.02. The summed E-state index contributed by atoms with van der Waals surface area (Å²) in [7, 11) is 3.50. The molecule has 3 heteroatoms. The smallest absolute Gasteiger partial charge is 0.153 e. The van der Waals surface area contributed by atoms with Crippen molar-refractivity contribution in [2.24, 2.45) is 0 Å². The minimum Gasteiger partial charge on any atom is -0.356 e. The number of methoxy groups -OCH3 is 2. The normalized spacial score (nSPS) is 12.0. The molecule has 0 atom stereocenters. The van der Waals surface area contributed by atoms with Crippen LogP contribution in [0.4, 0.5) is 0 Å². The van der Waals surface area contributed by atoms with E-state index in [1.165, 1.54) is 18.9 Å². The molecule has 0 aliphatic carbocycles. The molecule has 0 aliphatic heterocycles. The van der Waals surface area contributed by atoms with Crippen molar-refractivity contribution < 1.29 is 9.47 Å². The fourth-order valence-electron chi connectivity index (χ4n) is 1.07. The van der Waals surface area contributed by atoms with E-state index in [0.29, 0.717) is 0 Å². The Labute approximate surface area is 72.1 Å². The van der Waals surface area contributed by atoms with Crippen LogP contribution in [0.2, 0.25) is 12.1 Å². The molecule has 0 spiro atoms. The van der Waals surface area contributed by atoms with Crippen LogP contribution in [-0.2, 0) is 9.47 Å². The van der Waals surface area contributed by atoms with Gasteiger partial charge in [-0.25, -0.2) is 0 Å². The summed E-state index contributed by atoms with van der Waals surface area (Å²) in [4.78, 5) is 0. The van der Waals surface area contributed by atoms with Gasteiger partial charge >= 0.3 is 0 Å². The van der Waals surface area contributed by atoms with Crippen LogP contribution < -0.4 is 0 Å². The third-order valence-electron chi connectivity index (χ3n) is 1.82. The van der Waals surface area contributed by atoms with Gasteiger partial charge in [-0.05, 0) is 6.04 Å². The monoisotopic (exact) mass is 176 g/mol. The summed E-state index contributed by atoms with van der Waals surface area (Å²) in [5.41, 5.74) is 0. The van der Waals surface area contributed by atoms with E-state index in [9.17, 15) is 0 Å². The second-order valence-electron chi connectivity index (χ2n) is 2.75. The van der Waals surface area contributed by atoms with Crippen LogP contribution >= 0.6 is 0 Å². The Morgan fingerprint density at radius 3 is 2.36 bits per heavy atom. The van der Waals surface area contributed by atoms with Crippen LogP contribution in [0.25, 0.3) is 0 Å². The molecule has 0 heterocycles. The van der Waals surface area contributed by atoms with Crippen LogP contribution in [0.15, 0.2) is 0 Å². The second-order valence-corrected chi connectivity index (χ2v) is 4.74. The minimum absolute atomic E-state index is 0.0681. The summed E-state index contributed by atoms with van der Waals surface area (Å²) in [6.07, 6.45) is 2.77. The lowest BCUT2D eigenvalue weighted by molar-refractivity contribution is -0.0876. The van der Waals surface area contributed by atoms with Gasteiger partial charge in [-0.2, -0.15) is 0 Å². The van der Waals surface area contributed by atoms with Gasteiger partial charge in [0.05, 0.1) is 0 Å².